The Labute approximate surface area is 177 Å². The van der Waals surface area contributed by atoms with Crippen molar-refractivity contribution in [2.75, 3.05) is 10.6 Å². The molecule has 3 aromatic heterocycles. The first kappa shape index (κ1) is 18.3. The number of halogens is 1. The Morgan fingerprint density at radius 2 is 1.80 bits per heavy atom. The van der Waals surface area contributed by atoms with Gasteiger partial charge >= 0.3 is 6.03 Å². The van der Waals surface area contributed by atoms with E-state index in [0.29, 0.717) is 17.3 Å². The van der Waals surface area contributed by atoms with Crippen LogP contribution in [0, 0.1) is 0 Å². The van der Waals surface area contributed by atoms with Gasteiger partial charge in [0, 0.05) is 35.9 Å². The van der Waals surface area contributed by atoms with Crippen LogP contribution in [0.4, 0.5) is 16.2 Å². The number of benzene rings is 2. The lowest BCUT2D eigenvalue weighted by molar-refractivity contribution is 0.262. The Morgan fingerprint density at radius 1 is 0.967 bits per heavy atom. The summed E-state index contributed by atoms with van der Waals surface area (Å²) in [5.41, 5.74) is 4.38. The van der Waals surface area contributed by atoms with Crippen LogP contribution in [0.1, 0.15) is 5.56 Å². The number of H-pyrrole nitrogens is 1. The van der Waals surface area contributed by atoms with E-state index in [1.807, 2.05) is 67.1 Å². The lowest BCUT2D eigenvalue weighted by atomic mass is 10.2. The molecular weight excluding hydrogens is 398 g/mol. The van der Waals surface area contributed by atoms with Crippen LogP contribution >= 0.6 is 11.6 Å². The van der Waals surface area contributed by atoms with Crippen molar-refractivity contribution in [3.05, 3.63) is 89.8 Å². The van der Waals surface area contributed by atoms with E-state index < -0.39 is 0 Å². The number of fused-ring (bicyclic) bond motifs is 2. The molecule has 2 aromatic carbocycles. The first-order valence-electron chi connectivity index (χ1n) is 9.50. The van der Waals surface area contributed by atoms with Gasteiger partial charge in [-0.05, 0) is 48.0 Å². The molecular formula is C23H18ClN5O. The molecule has 30 heavy (non-hydrogen) atoms. The minimum absolute atomic E-state index is 0.341. The lowest BCUT2D eigenvalue weighted by Crippen LogP contribution is -2.19. The Morgan fingerprint density at radius 3 is 2.70 bits per heavy atom. The molecule has 0 spiro atoms. The third-order valence-electron chi connectivity index (χ3n) is 5.08. The van der Waals surface area contributed by atoms with Crippen LogP contribution in [-0.2, 0) is 6.54 Å². The second-order valence-corrected chi connectivity index (χ2v) is 7.36. The molecule has 0 fully saturated rings. The third-order valence-corrected chi connectivity index (χ3v) is 5.40. The number of para-hydroxylation sites is 1. The fraction of sp³-hybridized carbons (Fsp3) is 0.0435. The predicted octanol–water partition coefficient (Wildman–Crippen LogP) is 5.86. The number of hydrogen-bond donors (Lipinski definition) is 3. The molecule has 0 radical (unpaired) electrons. The molecule has 5 aromatic rings. The minimum Gasteiger partial charge on any atom is -0.346 e. The van der Waals surface area contributed by atoms with Crippen LogP contribution in [0.25, 0.3) is 21.9 Å². The van der Waals surface area contributed by atoms with Gasteiger partial charge in [-0.1, -0.05) is 29.8 Å². The van der Waals surface area contributed by atoms with Crippen molar-refractivity contribution in [3.63, 3.8) is 0 Å². The van der Waals surface area contributed by atoms with Gasteiger partial charge < -0.3 is 20.2 Å². The molecule has 3 N–H and O–H groups in total. The summed E-state index contributed by atoms with van der Waals surface area (Å²) >= 11 is 6.13. The summed E-state index contributed by atoms with van der Waals surface area (Å²) in [5.74, 6) is 0. The lowest BCUT2D eigenvalue weighted by Gasteiger charge is -2.11. The van der Waals surface area contributed by atoms with Crippen molar-refractivity contribution in [1.82, 2.24) is 14.5 Å². The van der Waals surface area contributed by atoms with Gasteiger partial charge in [-0.25, -0.2) is 9.78 Å². The Balaban J connectivity index is 1.41. The SMILES string of the molecule is O=C(Nc1ccccc1Cl)Nc1cccc2c1ccn2Cc1ccnc2[nH]ccc12. The first-order chi connectivity index (χ1) is 14.7. The molecule has 3 heterocycles. The number of nitrogens with one attached hydrogen (secondary N) is 3. The monoisotopic (exact) mass is 415 g/mol. The van der Waals surface area contributed by atoms with Crippen LogP contribution in [0.15, 0.2) is 79.3 Å². The molecule has 7 heteroatoms. The van der Waals surface area contributed by atoms with Crippen molar-refractivity contribution in [3.8, 4) is 0 Å². The fourth-order valence-electron chi connectivity index (χ4n) is 3.65. The summed E-state index contributed by atoms with van der Waals surface area (Å²) in [6.45, 7) is 0.704. The maximum atomic E-state index is 12.5. The largest absolute Gasteiger partial charge is 0.346 e. The number of aromatic nitrogens is 3. The Kier molecular flexibility index (Phi) is 4.61. The molecule has 0 atom stereocenters. The van der Waals surface area contributed by atoms with E-state index in [0.717, 1.165) is 27.6 Å². The third kappa shape index (κ3) is 3.38. The van der Waals surface area contributed by atoms with Crippen LogP contribution in [0.5, 0.6) is 0 Å². The summed E-state index contributed by atoms with van der Waals surface area (Å²) < 4.78 is 2.16. The summed E-state index contributed by atoms with van der Waals surface area (Å²) in [7, 11) is 0. The average Bonchev–Trinajstić information content (AvgIpc) is 3.38. The number of carbonyl (C=O) groups excluding carboxylic acids is 1. The molecule has 0 saturated heterocycles. The van der Waals surface area contributed by atoms with E-state index >= 15 is 0 Å². The number of nitrogens with zero attached hydrogens (tertiary/aromatic N) is 2. The summed E-state index contributed by atoms with van der Waals surface area (Å²) in [4.78, 5) is 20.0. The molecule has 0 bridgehead atoms. The Hall–Kier alpha value is -3.77. The molecule has 0 aliphatic rings. The van der Waals surface area contributed by atoms with Gasteiger partial charge in [0.15, 0.2) is 0 Å². The van der Waals surface area contributed by atoms with Gasteiger partial charge in [0.05, 0.1) is 21.9 Å². The van der Waals surface area contributed by atoms with Gasteiger partial charge in [-0.3, -0.25) is 0 Å². The van der Waals surface area contributed by atoms with E-state index in [9.17, 15) is 4.79 Å². The molecule has 0 saturated carbocycles. The molecule has 5 rings (SSSR count). The smallest absolute Gasteiger partial charge is 0.323 e. The first-order valence-corrected chi connectivity index (χ1v) is 9.88. The standard InChI is InChI=1S/C23H18ClN5O/c24-18-4-1-2-5-20(18)28-23(30)27-19-6-3-7-21-17(19)10-13-29(21)14-15-8-11-25-22-16(15)9-12-26-22/h1-13H,14H2,(H,25,26)(H2,27,28,30). The second kappa shape index (κ2) is 7.57. The zero-order chi connectivity index (χ0) is 20.5. The molecule has 0 aliphatic heterocycles. The van der Waals surface area contributed by atoms with E-state index in [2.05, 4.69) is 25.2 Å². The number of hydrogen-bond acceptors (Lipinski definition) is 2. The van der Waals surface area contributed by atoms with Crippen LogP contribution in [0.3, 0.4) is 0 Å². The maximum absolute atomic E-state index is 12.5. The highest BCUT2D eigenvalue weighted by atomic mass is 35.5. The van der Waals surface area contributed by atoms with E-state index in [-0.39, 0.29) is 6.03 Å². The number of anilines is 2. The quantitative estimate of drug-likeness (QED) is 0.343. The normalized spacial score (nSPS) is 11.1. The summed E-state index contributed by atoms with van der Waals surface area (Å²) in [5, 5.41) is 8.27. The zero-order valence-corrected chi connectivity index (χ0v) is 16.6. The van der Waals surface area contributed by atoms with Gasteiger partial charge in [0.25, 0.3) is 0 Å². The number of amides is 2. The highest BCUT2D eigenvalue weighted by Crippen LogP contribution is 2.27. The maximum Gasteiger partial charge on any atom is 0.323 e. The molecule has 0 unspecified atom stereocenters. The second-order valence-electron chi connectivity index (χ2n) is 6.95. The number of carbonyl (C=O) groups is 1. The zero-order valence-electron chi connectivity index (χ0n) is 15.9. The van der Waals surface area contributed by atoms with Crippen molar-refractivity contribution in [2.24, 2.45) is 0 Å². The average molecular weight is 416 g/mol. The van der Waals surface area contributed by atoms with Gasteiger partial charge in [-0.2, -0.15) is 0 Å². The number of aromatic amines is 1. The number of urea groups is 1. The van der Waals surface area contributed by atoms with Crippen molar-refractivity contribution in [1.29, 1.82) is 0 Å². The highest BCUT2D eigenvalue weighted by molar-refractivity contribution is 6.33. The topological polar surface area (TPSA) is 74.7 Å². The number of rotatable bonds is 4. The molecule has 0 aliphatic carbocycles. The fourth-order valence-corrected chi connectivity index (χ4v) is 3.83. The van der Waals surface area contributed by atoms with Crippen LogP contribution in [-0.4, -0.2) is 20.6 Å². The van der Waals surface area contributed by atoms with Gasteiger partial charge in [-0.15, -0.1) is 0 Å². The van der Waals surface area contributed by atoms with E-state index in [1.165, 1.54) is 5.56 Å². The summed E-state index contributed by atoms with van der Waals surface area (Å²) in [6, 6.07) is 18.7. The Bertz CT molecular complexity index is 1370. The van der Waals surface area contributed by atoms with Gasteiger partial charge in [0.2, 0.25) is 0 Å². The van der Waals surface area contributed by atoms with E-state index in [1.54, 1.807) is 12.1 Å². The molecule has 6 nitrogen and oxygen atoms in total. The van der Waals surface area contributed by atoms with Crippen molar-refractivity contribution in [2.45, 2.75) is 6.54 Å². The molecule has 148 valence electrons. The van der Waals surface area contributed by atoms with Crippen molar-refractivity contribution >= 4 is 50.9 Å². The van der Waals surface area contributed by atoms with Crippen LogP contribution < -0.4 is 10.6 Å². The highest BCUT2D eigenvalue weighted by Gasteiger charge is 2.11. The van der Waals surface area contributed by atoms with Gasteiger partial charge in [0.1, 0.15) is 5.65 Å². The summed E-state index contributed by atoms with van der Waals surface area (Å²) in [6.07, 6.45) is 5.74. The number of pyridine rings is 1. The predicted molar refractivity (Wildman–Crippen MR) is 121 cm³/mol. The van der Waals surface area contributed by atoms with E-state index in [4.69, 9.17) is 11.6 Å². The minimum atomic E-state index is -0.341. The van der Waals surface area contributed by atoms with Crippen LogP contribution in [0.2, 0.25) is 5.02 Å². The molecule has 2 amide bonds. The van der Waals surface area contributed by atoms with Crippen molar-refractivity contribution < 1.29 is 4.79 Å².